The van der Waals surface area contributed by atoms with E-state index in [9.17, 15) is 13.6 Å². The Balaban J connectivity index is 1.24. The van der Waals surface area contributed by atoms with E-state index in [0.717, 1.165) is 67.8 Å². The van der Waals surface area contributed by atoms with Crippen molar-refractivity contribution in [2.24, 2.45) is 5.92 Å². The number of hydrogen-bond donors (Lipinski definition) is 1. The number of alkyl halides is 2. The Morgan fingerprint density at radius 3 is 2.72 bits per heavy atom. The predicted octanol–water partition coefficient (Wildman–Crippen LogP) is 6.71. The van der Waals surface area contributed by atoms with Crippen LogP contribution in [0.5, 0.6) is 0 Å². The second-order valence-electron chi connectivity index (χ2n) is 10.7. The van der Waals surface area contributed by atoms with Crippen LogP contribution >= 0.6 is 11.6 Å². The molecule has 3 aliphatic rings. The van der Waals surface area contributed by atoms with E-state index in [1.807, 2.05) is 30.9 Å². The number of anilines is 1. The van der Waals surface area contributed by atoms with E-state index < -0.39 is 6.43 Å². The third-order valence-corrected chi connectivity index (χ3v) is 8.08. The molecule has 9 heteroatoms. The molecule has 0 radical (unpaired) electrons. The summed E-state index contributed by atoms with van der Waals surface area (Å²) in [5.74, 6) is 0.508. The molecule has 1 amide bonds. The lowest BCUT2D eigenvalue weighted by Crippen LogP contribution is -2.48. The van der Waals surface area contributed by atoms with E-state index in [-0.39, 0.29) is 23.2 Å². The number of amides is 1. The molecule has 0 bridgehead atoms. The molecule has 2 aromatic heterocycles. The number of aryl methyl sites for hydroxylation is 2. The van der Waals surface area contributed by atoms with Gasteiger partial charge in [0.2, 0.25) is 0 Å². The first-order valence-corrected chi connectivity index (χ1v) is 13.9. The van der Waals surface area contributed by atoms with Crippen LogP contribution in [0.4, 0.5) is 14.5 Å². The quantitative estimate of drug-likeness (QED) is 0.413. The normalized spacial score (nSPS) is 21.4. The van der Waals surface area contributed by atoms with Crippen LogP contribution in [0.1, 0.15) is 67.6 Å². The maximum absolute atomic E-state index is 13.5. The summed E-state index contributed by atoms with van der Waals surface area (Å²) < 4.78 is 26.9. The number of carbonyl (C=O) groups is 1. The Labute approximate surface area is 233 Å². The van der Waals surface area contributed by atoms with Gasteiger partial charge in [-0.1, -0.05) is 24.3 Å². The summed E-state index contributed by atoms with van der Waals surface area (Å²) >= 11 is 6.02. The third-order valence-electron chi connectivity index (χ3n) is 7.88. The molecule has 206 valence electrons. The van der Waals surface area contributed by atoms with Gasteiger partial charge in [-0.15, -0.1) is 0 Å². The maximum Gasteiger partial charge on any atom is 0.281 e. The first-order chi connectivity index (χ1) is 18.7. The van der Waals surface area contributed by atoms with E-state index in [1.54, 1.807) is 0 Å². The lowest BCUT2D eigenvalue weighted by molar-refractivity contribution is -0.119. The predicted molar refractivity (Wildman–Crippen MR) is 150 cm³/mol. The fourth-order valence-electron chi connectivity index (χ4n) is 5.97. The largest absolute Gasteiger partial charge is 0.382 e. The zero-order valence-corrected chi connectivity index (χ0v) is 23.1. The Hall–Kier alpha value is -3.26. The fraction of sp³-hybridized carbons (Fsp3) is 0.433. The standard InChI is InChI=1S/C30H34ClF2N5O/c1-18-8-13-25(20(3)35-18)38-27-7-5-4-6-26(27)37(17-28(38)39)16-21-9-11-23(12-10-21)36-19(2)24-14-22(31)15-34-29(24)30(32)33/h5,7-8,13-15,21,23,30,36H,2,4,6,9-12,16-17H2,1,3H3. The van der Waals surface area contributed by atoms with Gasteiger partial charge in [0.05, 0.1) is 28.6 Å². The molecule has 1 fully saturated rings. The molecule has 5 rings (SSSR count). The van der Waals surface area contributed by atoms with Crippen LogP contribution in [-0.4, -0.2) is 39.9 Å². The molecule has 6 nitrogen and oxygen atoms in total. The van der Waals surface area contributed by atoms with Gasteiger partial charge in [-0.05, 0) is 82.6 Å². The molecule has 39 heavy (non-hydrogen) atoms. The number of allylic oxidation sites excluding steroid dienone is 3. The highest BCUT2D eigenvalue weighted by atomic mass is 35.5. The smallest absolute Gasteiger partial charge is 0.281 e. The monoisotopic (exact) mass is 553 g/mol. The molecule has 1 N–H and O–H groups in total. The summed E-state index contributed by atoms with van der Waals surface area (Å²) in [4.78, 5) is 26.0. The third kappa shape index (κ3) is 5.86. The summed E-state index contributed by atoms with van der Waals surface area (Å²) in [7, 11) is 0. The highest BCUT2D eigenvalue weighted by molar-refractivity contribution is 6.30. The van der Waals surface area contributed by atoms with Crippen LogP contribution in [-0.2, 0) is 4.79 Å². The highest BCUT2D eigenvalue weighted by Crippen LogP contribution is 2.36. The molecule has 0 spiro atoms. The van der Waals surface area contributed by atoms with Crippen molar-refractivity contribution in [3.63, 3.8) is 0 Å². The van der Waals surface area contributed by atoms with Crippen LogP contribution in [0.25, 0.3) is 5.70 Å². The zero-order valence-electron chi connectivity index (χ0n) is 22.4. The first-order valence-electron chi connectivity index (χ1n) is 13.5. The summed E-state index contributed by atoms with van der Waals surface area (Å²) in [5, 5.41) is 3.64. The van der Waals surface area contributed by atoms with Crippen molar-refractivity contribution in [3.8, 4) is 0 Å². The Morgan fingerprint density at radius 1 is 1.23 bits per heavy atom. The van der Waals surface area contributed by atoms with Crippen molar-refractivity contribution in [2.45, 2.75) is 64.8 Å². The van der Waals surface area contributed by atoms with E-state index in [4.69, 9.17) is 11.6 Å². The lowest BCUT2D eigenvalue weighted by atomic mass is 9.85. The first kappa shape index (κ1) is 27.3. The zero-order chi connectivity index (χ0) is 27.7. The molecular weight excluding hydrogens is 520 g/mol. The van der Waals surface area contributed by atoms with Gasteiger partial charge in [0.25, 0.3) is 12.3 Å². The summed E-state index contributed by atoms with van der Waals surface area (Å²) in [5.41, 5.74) is 5.20. The van der Waals surface area contributed by atoms with Crippen molar-refractivity contribution in [1.82, 2.24) is 20.2 Å². The number of aromatic nitrogens is 2. The van der Waals surface area contributed by atoms with Crippen LogP contribution in [0, 0.1) is 19.8 Å². The molecule has 3 heterocycles. The minimum atomic E-state index is -2.70. The van der Waals surface area contributed by atoms with E-state index in [2.05, 4.69) is 38.9 Å². The summed E-state index contributed by atoms with van der Waals surface area (Å²) in [6.07, 6.45) is 8.37. The molecule has 1 aliphatic heterocycles. The average molecular weight is 554 g/mol. The Kier molecular flexibility index (Phi) is 8.03. The number of carbonyl (C=O) groups excluding carboxylic acids is 1. The highest BCUT2D eigenvalue weighted by Gasteiger charge is 2.35. The van der Waals surface area contributed by atoms with Gasteiger partial charge in [-0.2, -0.15) is 0 Å². The van der Waals surface area contributed by atoms with Crippen LogP contribution < -0.4 is 10.2 Å². The van der Waals surface area contributed by atoms with Gasteiger partial charge in [-0.25, -0.2) is 8.78 Å². The fourth-order valence-corrected chi connectivity index (χ4v) is 6.13. The molecule has 1 saturated carbocycles. The number of nitrogens with zero attached hydrogens (tertiary/aromatic N) is 4. The van der Waals surface area contributed by atoms with Crippen LogP contribution in [0.2, 0.25) is 5.02 Å². The summed E-state index contributed by atoms with van der Waals surface area (Å²) in [6.45, 7) is 9.10. The number of nitrogens with one attached hydrogen (secondary N) is 1. The average Bonchev–Trinajstić information content (AvgIpc) is 2.90. The number of halogens is 3. The minimum absolute atomic E-state index is 0.0608. The minimum Gasteiger partial charge on any atom is -0.382 e. The molecule has 2 aromatic rings. The maximum atomic E-state index is 13.5. The van der Waals surface area contributed by atoms with Gasteiger partial charge < -0.3 is 10.2 Å². The molecule has 2 aliphatic carbocycles. The SMILES string of the molecule is C=C(NC1CCC(CN2CC(=O)N(c3ccc(C)nc3C)C3=C2CCC=C3)CC1)c1cc(Cl)cnc1C(F)F. The molecule has 0 saturated heterocycles. The second-order valence-corrected chi connectivity index (χ2v) is 11.1. The van der Waals surface area contributed by atoms with Crippen molar-refractivity contribution >= 4 is 28.9 Å². The van der Waals surface area contributed by atoms with Crippen molar-refractivity contribution in [3.05, 3.63) is 82.2 Å². The van der Waals surface area contributed by atoms with Crippen LogP contribution in [0.3, 0.4) is 0 Å². The second kappa shape index (κ2) is 11.5. The van der Waals surface area contributed by atoms with E-state index in [1.165, 1.54) is 18.0 Å². The lowest BCUT2D eigenvalue weighted by Gasteiger charge is -2.42. The van der Waals surface area contributed by atoms with Gasteiger partial charge in [0.1, 0.15) is 5.69 Å². The van der Waals surface area contributed by atoms with Crippen LogP contribution in [0.15, 0.2) is 54.5 Å². The van der Waals surface area contributed by atoms with Gasteiger partial charge in [-0.3, -0.25) is 19.7 Å². The van der Waals surface area contributed by atoms with Crippen molar-refractivity contribution in [2.75, 3.05) is 18.0 Å². The van der Waals surface area contributed by atoms with E-state index >= 15 is 0 Å². The number of hydrogen-bond acceptors (Lipinski definition) is 5. The van der Waals surface area contributed by atoms with Gasteiger partial charge in [0.15, 0.2) is 0 Å². The van der Waals surface area contributed by atoms with Gasteiger partial charge in [0, 0.05) is 41.4 Å². The van der Waals surface area contributed by atoms with Crippen molar-refractivity contribution in [1.29, 1.82) is 0 Å². The molecule has 0 unspecified atom stereocenters. The number of rotatable bonds is 7. The molecule has 0 atom stereocenters. The Morgan fingerprint density at radius 2 is 2.00 bits per heavy atom. The number of pyridine rings is 2. The van der Waals surface area contributed by atoms with E-state index in [0.29, 0.717) is 23.2 Å². The van der Waals surface area contributed by atoms with Gasteiger partial charge >= 0.3 is 0 Å². The molecular formula is C30H34ClF2N5O. The summed E-state index contributed by atoms with van der Waals surface area (Å²) in [6, 6.07) is 5.57. The molecule has 0 aromatic carbocycles. The Bertz CT molecular complexity index is 1330. The van der Waals surface area contributed by atoms with Crippen molar-refractivity contribution < 1.29 is 13.6 Å². The topological polar surface area (TPSA) is 61.4 Å².